The van der Waals surface area contributed by atoms with Crippen molar-refractivity contribution >= 4 is 17.0 Å². The molecular formula is C15H18N2O3. The van der Waals surface area contributed by atoms with Crippen LogP contribution in [0.5, 0.6) is 0 Å². The van der Waals surface area contributed by atoms with Crippen LogP contribution in [0.2, 0.25) is 0 Å². The molecule has 1 aliphatic rings. The molecule has 2 atom stereocenters. The predicted molar refractivity (Wildman–Crippen MR) is 74.7 cm³/mol. The van der Waals surface area contributed by atoms with Gasteiger partial charge in [0.25, 0.3) is 0 Å². The molecule has 1 aromatic carbocycles. The molecule has 0 saturated heterocycles. The van der Waals surface area contributed by atoms with Crippen LogP contribution in [0.4, 0.5) is 0 Å². The van der Waals surface area contributed by atoms with E-state index in [9.17, 15) is 9.90 Å². The van der Waals surface area contributed by atoms with Gasteiger partial charge in [0.05, 0.1) is 29.0 Å². The predicted octanol–water partition coefficient (Wildman–Crippen LogP) is 2.29. The molecule has 2 aromatic rings. The maximum Gasteiger partial charge on any atom is 0.335 e. The van der Waals surface area contributed by atoms with Gasteiger partial charge >= 0.3 is 5.97 Å². The summed E-state index contributed by atoms with van der Waals surface area (Å²) in [5, 5.41) is 19.0. The van der Waals surface area contributed by atoms with Crippen LogP contribution in [0.25, 0.3) is 11.0 Å². The summed E-state index contributed by atoms with van der Waals surface area (Å²) in [6.45, 7) is 0.740. The molecule has 5 heteroatoms. The second-order valence-electron chi connectivity index (χ2n) is 5.52. The molecule has 1 aliphatic carbocycles. The molecule has 2 unspecified atom stereocenters. The zero-order chi connectivity index (χ0) is 14.1. The number of rotatable bonds is 3. The Kier molecular flexibility index (Phi) is 3.44. The number of imidazole rings is 1. The van der Waals surface area contributed by atoms with Crippen LogP contribution in [0, 0.1) is 5.92 Å². The summed E-state index contributed by atoms with van der Waals surface area (Å²) in [5.41, 5.74) is 1.86. The van der Waals surface area contributed by atoms with Gasteiger partial charge < -0.3 is 14.8 Å². The molecule has 5 nitrogen and oxygen atoms in total. The van der Waals surface area contributed by atoms with Crippen molar-refractivity contribution in [1.82, 2.24) is 9.55 Å². The van der Waals surface area contributed by atoms with E-state index in [1.807, 2.05) is 4.57 Å². The highest BCUT2D eigenvalue weighted by molar-refractivity contribution is 5.92. The lowest BCUT2D eigenvalue weighted by Gasteiger charge is -2.27. The van der Waals surface area contributed by atoms with Gasteiger partial charge in [-0.25, -0.2) is 9.78 Å². The molecule has 0 bridgehead atoms. The zero-order valence-corrected chi connectivity index (χ0v) is 11.2. The number of hydrogen-bond acceptors (Lipinski definition) is 3. The molecule has 1 fully saturated rings. The van der Waals surface area contributed by atoms with Crippen molar-refractivity contribution in [3.05, 3.63) is 30.1 Å². The lowest BCUT2D eigenvalue weighted by atomic mass is 9.86. The first-order valence-electron chi connectivity index (χ1n) is 7.01. The Balaban J connectivity index is 1.87. The Morgan fingerprint density at radius 1 is 1.35 bits per heavy atom. The lowest BCUT2D eigenvalue weighted by Crippen LogP contribution is -2.28. The van der Waals surface area contributed by atoms with Crippen molar-refractivity contribution in [2.24, 2.45) is 5.92 Å². The molecule has 20 heavy (non-hydrogen) atoms. The summed E-state index contributed by atoms with van der Waals surface area (Å²) in [6.07, 6.45) is 5.67. The van der Waals surface area contributed by atoms with Crippen LogP contribution in [0.1, 0.15) is 36.0 Å². The minimum absolute atomic E-state index is 0.237. The third kappa shape index (κ3) is 2.41. The molecule has 0 radical (unpaired) electrons. The molecule has 2 N–H and O–H groups in total. The van der Waals surface area contributed by atoms with Crippen LogP contribution >= 0.6 is 0 Å². The minimum atomic E-state index is -0.941. The van der Waals surface area contributed by atoms with Crippen molar-refractivity contribution in [2.75, 3.05) is 0 Å². The standard InChI is InChI=1S/C15H18N2O3/c18-14-4-2-1-3-11(14)8-17-9-16-12-7-10(15(19)20)5-6-13(12)17/h5-7,9,11,14,18H,1-4,8H2,(H,19,20). The van der Waals surface area contributed by atoms with E-state index in [4.69, 9.17) is 5.11 Å². The van der Waals surface area contributed by atoms with Gasteiger partial charge in [-0.15, -0.1) is 0 Å². The Morgan fingerprint density at radius 3 is 2.90 bits per heavy atom. The van der Waals surface area contributed by atoms with Crippen LogP contribution in [0.3, 0.4) is 0 Å². The Labute approximate surface area is 116 Å². The number of aliphatic hydroxyl groups is 1. The third-order valence-corrected chi connectivity index (χ3v) is 4.17. The second kappa shape index (κ2) is 5.25. The smallest absolute Gasteiger partial charge is 0.335 e. The number of aliphatic hydroxyl groups excluding tert-OH is 1. The van der Waals surface area contributed by atoms with Gasteiger partial charge in [0.15, 0.2) is 0 Å². The number of aromatic nitrogens is 2. The normalized spacial score (nSPS) is 23.1. The molecule has 1 heterocycles. The molecule has 106 valence electrons. The summed E-state index contributed by atoms with van der Waals surface area (Å²) in [4.78, 5) is 15.2. The highest BCUT2D eigenvalue weighted by Gasteiger charge is 2.23. The van der Waals surface area contributed by atoms with Crippen LogP contribution in [0.15, 0.2) is 24.5 Å². The van der Waals surface area contributed by atoms with Gasteiger partial charge in [-0.1, -0.05) is 12.8 Å². The van der Waals surface area contributed by atoms with E-state index in [-0.39, 0.29) is 17.6 Å². The second-order valence-corrected chi connectivity index (χ2v) is 5.52. The Bertz CT molecular complexity index is 635. The molecule has 1 aromatic heterocycles. The van der Waals surface area contributed by atoms with Gasteiger partial charge in [-0.3, -0.25) is 0 Å². The van der Waals surface area contributed by atoms with Gasteiger partial charge in [-0.2, -0.15) is 0 Å². The molecule has 0 aliphatic heterocycles. The van der Waals surface area contributed by atoms with Crippen molar-refractivity contribution in [3.8, 4) is 0 Å². The van der Waals surface area contributed by atoms with E-state index in [0.29, 0.717) is 5.52 Å². The fraction of sp³-hybridized carbons (Fsp3) is 0.467. The lowest BCUT2D eigenvalue weighted by molar-refractivity contribution is 0.0612. The quantitative estimate of drug-likeness (QED) is 0.900. The minimum Gasteiger partial charge on any atom is -0.478 e. The average Bonchev–Trinajstić information content (AvgIpc) is 2.84. The number of benzene rings is 1. The van der Waals surface area contributed by atoms with Gasteiger partial charge in [0, 0.05) is 12.5 Å². The third-order valence-electron chi connectivity index (χ3n) is 4.17. The summed E-state index contributed by atoms with van der Waals surface area (Å²) < 4.78 is 2.01. The number of aromatic carboxylic acids is 1. The fourth-order valence-corrected chi connectivity index (χ4v) is 3.00. The monoisotopic (exact) mass is 274 g/mol. The summed E-state index contributed by atoms with van der Waals surface area (Å²) >= 11 is 0. The first-order valence-corrected chi connectivity index (χ1v) is 7.01. The van der Waals surface area contributed by atoms with E-state index in [0.717, 1.165) is 37.7 Å². The van der Waals surface area contributed by atoms with E-state index in [2.05, 4.69) is 4.98 Å². The number of nitrogens with zero attached hydrogens (tertiary/aromatic N) is 2. The first kappa shape index (κ1) is 13.1. The van der Waals surface area contributed by atoms with Gasteiger partial charge in [-0.05, 0) is 31.0 Å². The van der Waals surface area contributed by atoms with E-state index >= 15 is 0 Å². The highest BCUT2D eigenvalue weighted by Crippen LogP contribution is 2.27. The Hall–Kier alpha value is -1.88. The van der Waals surface area contributed by atoms with E-state index < -0.39 is 5.97 Å². The maximum absolute atomic E-state index is 10.9. The molecule has 0 spiro atoms. The van der Waals surface area contributed by atoms with Gasteiger partial charge in [0.1, 0.15) is 0 Å². The number of carbonyl (C=O) groups is 1. The van der Waals surface area contributed by atoms with E-state index in [1.165, 1.54) is 0 Å². The molecule has 1 saturated carbocycles. The number of hydrogen-bond donors (Lipinski definition) is 2. The fourth-order valence-electron chi connectivity index (χ4n) is 3.00. The van der Waals surface area contributed by atoms with Crippen LogP contribution in [-0.4, -0.2) is 31.8 Å². The van der Waals surface area contributed by atoms with Crippen LogP contribution < -0.4 is 0 Å². The Morgan fingerprint density at radius 2 is 2.15 bits per heavy atom. The van der Waals surface area contributed by atoms with E-state index in [1.54, 1.807) is 24.5 Å². The van der Waals surface area contributed by atoms with Crippen molar-refractivity contribution in [1.29, 1.82) is 0 Å². The topological polar surface area (TPSA) is 75.3 Å². The summed E-state index contributed by atoms with van der Waals surface area (Å²) in [7, 11) is 0. The SMILES string of the molecule is O=C(O)c1ccc2c(c1)ncn2CC1CCCCC1O. The summed E-state index contributed by atoms with van der Waals surface area (Å²) in [6, 6.07) is 4.98. The molecule has 3 rings (SSSR count). The average molecular weight is 274 g/mol. The van der Waals surface area contributed by atoms with Crippen LogP contribution in [-0.2, 0) is 6.54 Å². The highest BCUT2D eigenvalue weighted by atomic mass is 16.4. The zero-order valence-electron chi connectivity index (χ0n) is 11.2. The van der Waals surface area contributed by atoms with Crippen molar-refractivity contribution in [3.63, 3.8) is 0 Å². The van der Waals surface area contributed by atoms with Crippen molar-refractivity contribution < 1.29 is 15.0 Å². The number of carboxylic acid groups (broad SMARTS) is 1. The van der Waals surface area contributed by atoms with Crippen molar-refractivity contribution in [2.45, 2.75) is 38.3 Å². The molecular weight excluding hydrogens is 256 g/mol. The van der Waals surface area contributed by atoms with Gasteiger partial charge in [0.2, 0.25) is 0 Å². The maximum atomic E-state index is 10.9. The first-order chi connectivity index (χ1) is 9.65. The summed E-state index contributed by atoms with van der Waals surface area (Å²) in [5.74, 6) is -0.676. The largest absolute Gasteiger partial charge is 0.478 e. The number of fused-ring (bicyclic) bond motifs is 1. The molecule has 0 amide bonds. The number of carboxylic acids is 1.